The van der Waals surface area contributed by atoms with E-state index in [1.165, 1.54) is 0 Å². The summed E-state index contributed by atoms with van der Waals surface area (Å²) >= 11 is 0. The third kappa shape index (κ3) is 2.77. The SMILES string of the molecule is CCCOc1ccc(C(C)C#N)cc1. The van der Waals surface area contributed by atoms with Gasteiger partial charge in [-0.3, -0.25) is 0 Å². The largest absolute Gasteiger partial charge is 0.494 e. The fraction of sp³-hybridized carbons (Fsp3) is 0.417. The van der Waals surface area contributed by atoms with Crippen LogP contribution in [-0.4, -0.2) is 6.61 Å². The molecule has 74 valence electrons. The minimum Gasteiger partial charge on any atom is -0.494 e. The first kappa shape index (κ1) is 10.6. The second-order valence-electron chi connectivity index (χ2n) is 3.27. The summed E-state index contributed by atoms with van der Waals surface area (Å²) in [5.41, 5.74) is 1.04. The van der Waals surface area contributed by atoms with Gasteiger partial charge in [-0.1, -0.05) is 19.1 Å². The predicted molar refractivity (Wildman–Crippen MR) is 56.3 cm³/mol. The zero-order chi connectivity index (χ0) is 10.4. The van der Waals surface area contributed by atoms with Crippen molar-refractivity contribution in [2.45, 2.75) is 26.2 Å². The molecule has 2 heteroatoms. The molecule has 0 aliphatic carbocycles. The van der Waals surface area contributed by atoms with Crippen LogP contribution >= 0.6 is 0 Å². The molecule has 0 saturated heterocycles. The maximum absolute atomic E-state index is 8.72. The van der Waals surface area contributed by atoms with Gasteiger partial charge in [-0.2, -0.15) is 5.26 Å². The summed E-state index contributed by atoms with van der Waals surface area (Å²) in [6.45, 7) is 4.71. The van der Waals surface area contributed by atoms with E-state index < -0.39 is 0 Å². The van der Waals surface area contributed by atoms with Gasteiger partial charge in [-0.25, -0.2) is 0 Å². The van der Waals surface area contributed by atoms with Crippen LogP contribution in [0.5, 0.6) is 5.75 Å². The van der Waals surface area contributed by atoms with E-state index in [0.717, 1.165) is 24.3 Å². The monoisotopic (exact) mass is 189 g/mol. The van der Waals surface area contributed by atoms with Crippen LogP contribution in [0.1, 0.15) is 31.7 Å². The van der Waals surface area contributed by atoms with Gasteiger partial charge >= 0.3 is 0 Å². The lowest BCUT2D eigenvalue weighted by atomic mass is 10.0. The Hall–Kier alpha value is -1.49. The van der Waals surface area contributed by atoms with Crippen LogP contribution in [0.4, 0.5) is 0 Å². The number of rotatable bonds is 4. The molecule has 1 atom stereocenters. The molecular weight excluding hydrogens is 174 g/mol. The van der Waals surface area contributed by atoms with E-state index in [1.54, 1.807) is 0 Å². The van der Waals surface area contributed by atoms with Gasteiger partial charge in [0.1, 0.15) is 5.75 Å². The summed E-state index contributed by atoms with van der Waals surface area (Å²) in [4.78, 5) is 0. The minimum atomic E-state index is -0.0461. The molecule has 1 rings (SSSR count). The van der Waals surface area contributed by atoms with Crippen molar-refractivity contribution in [1.29, 1.82) is 5.26 Å². The molecule has 0 aliphatic heterocycles. The molecule has 0 spiro atoms. The average Bonchev–Trinajstić information content (AvgIpc) is 2.26. The molecule has 0 amide bonds. The lowest BCUT2D eigenvalue weighted by Gasteiger charge is -2.06. The van der Waals surface area contributed by atoms with Crippen LogP contribution in [0.3, 0.4) is 0 Å². The van der Waals surface area contributed by atoms with Gasteiger partial charge in [-0.15, -0.1) is 0 Å². The normalized spacial score (nSPS) is 11.8. The Morgan fingerprint density at radius 1 is 1.36 bits per heavy atom. The quantitative estimate of drug-likeness (QED) is 0.729. The second kappa shape index (κ2) is 5.29. The molecule has 2 nitrogen and oxygen atoms in total. The van der Waals surface area contributed by atoms with Crippen molar-refractivity contribution in [3.63, 3.8) is 0 Å². The predicted octanol–water partition coefficient (Wildman–Crippen LogP) is 3.10. The zero-order valence-corrected chi connectivity index (χ0v) is 8.66. The number of nitriles is 1. The van der Waals surface area contributed by atoms with E-state index in [1.807, 2.05) is 31.2 Å². The highest BCUT2D eigenvalue weighted by molar-refractivity contribution is 5.31. The van der Waals surface area contributed by atoms with Crippen LogP contribution in [-0.2, 0) is 0 Å². The van der Waals surface area contributed by atoms with Crippen LogP contribution < -0.4 is 4.74 Å². The summed E-state index contributed by atoms with van der Waals surface area (Å²) < 4.78 is 5.44. The summed E-state index contributed by atoms with van der Waals surface area (Å²) in [6, 6.07) is 9.92. The molecule has 1 aromatic carbocycles. The first-order valence-electron chi connectivity index (χ1n) is 4.90. The standard InChI is InChI=1S/C12H15NO/c1-3-8-14-12-6-4-11(5-7-12)10(2)9-13/h4-7,10H,3,8H2,1-2H3. The Morgan fingerprint density at radius 2 is 2.00 bits per heavy atom. The van der Waals surface area contributed by atoms with Gasteiger partial charge < -0.3 is 4.74 Å². The van der Waals surface area contributed by atoms with Gasteiger partial charge in [-0.05, 0) is 31.0 Å². The minimum absolute atomic E-state index is 0.0461. The highest BCUT2D eigenvalue weighted by Gasteiger charge is 2.02. The summed E-state index contributed by atoms with van der Waals surface area (Å²) in [5.74, 6) is 0.830. The van der Waals surface area contributed by atoms with E-state index >= 15 is 0 Å². The summed E-state index contributed by atoms with van der Waals surface area (Å²) in [7, 11) is 0. The molecule has 0 aliphatic rings. The van der Waals surface area contributed by atoms with E-state index in [2.05, 4.69) is 13.0 Å². The highest BCUT2D eigenvalue weighted by Crippen LogP contribution is 2.18. The topological polar surface area (TPSA) is 33.0 Å². The smallest absolute Gasteiger partial charge is 0.119 e. The Morgan fingerprint density at radius 3 is 2.50 bits per heavy atom. The maximum atomic E-state index is 8.72. The van der Waals surface area contributed by atoms with E-state index in [0.29, 0.717) is 0 Å². The Kier molecular flexibility index (Phi) is 4.00. The molecule has 1 aromatic rings. The van der Waals surface area contributed by atoms with E-state index in [9.17, 15) is 0 Å². The maximum Gasteiger partial charge on any atom is 0.119 e. The molecule has 14 heavy (non-hydrogen) atoms. The highest BCUT2D eigenvalue weighted by atomic mass is 16.5. The number of hydrogen-bond donors (Lipinski definition) is 0. The number of benzene rings is 1. The van der Waals surface area contributed by atoms with Crippen molar-refractivity contribution >= 4 is 0 Å². The van der Waals surface area contributed by atoms with Crippen LogP contribution in [0.15, 0.2) is 24.3 Å². The third-order valence-electron chi connectivity index (χ3n) is 2.05. The molecule has 0 bridgehead atoms. The molecule has 1 unspecified atom stereocenters. The molecule has 0 saturated carbocycles. The van der Waals surface area contributed by atoms with Crippen molar-refractivity contribution < 1.29 is 4.74 Å². The van der Waals surface area contributed by atoms with Gasteiger partial charge in [0.05, 0.1) is 18.6 Å². The molecular formula is C12H15NO. The Bertz CT molecular complexity index is 310. The van der Waals surface area contributed by atoms with E-state index in [-0.39, 0.29) is 5.92 Å². The van der Waals surface area contributed by atoms with Crippen LogP contribution in [0, 0.1) is 11.3 Å². The van der Waals surface area contributed by atoms with Gasteiger partial charge in [0.15, 0.2) is 0 Å². The van der Waals surface area contributed by atoms with Gasteiger partial charge in [0.25, 0.3) is 0 Å². The van der Waals surface area contributed by atoms with Crippen molar-refractivity contribution in [1.82, 2.24) is 0 Å². The molecule has 0 aromatic heterocycles. The van der Waals surface area contributed by atoms with Crippen molar-refractivity contribution in [3.05, 3.63) is 29.8 Å². The Balaban J connectivity index is 2.65. The average molecular weight is 189 g/mol. The van der Waals surface area contributed by atoms with E-state index in [4.69, 9.17) is 10.00 Å². The lowest BCUT2D eigenvalue weighted by molar-refractivity contribution is 0.317. The third-order valence-corrected chi connectivity index (χ3v) is 2.05. The van der Waals surface area contributed by atoms with Crippen LogP contribution in [0.2, 0.25) is 0 Å². The van der Waals surface area contributed by atoms with Gasteiger partial charge in [0.2, 0.25) is 0 Å². The summed E-state index contributed by atoms with van der Waals surface area (Å²) in [5, 5.41) is 8.72. The first-order valence-corrected chi connectivity index (χ1v) is 4.90. The number of ether oxygens (including phenoxy) is 1. The first-order chi connectivity index (χ1) is 6.77. The molecule has 0 fully saturated rings. The lowest BCUT2D eigenvalue weighted by Crippen LogP contribution is -1.95. The number of nitrogens with zero attached hydrogens (tertiary/aromatic N) is 1. The zero-order valence-electron chi connectivity index (χ0n) is 8.66. The van der Waals surface area contributed by atoms with Crippen LogP contribution in [0.25, 0.3) is 0 Å². The van der Waals surface area contributed by atoms with Crippen molar-refractivity contribution in [3.8, 4) is 11.8 Å². The van der Waals surface area contributed by atoms with Crippen molar-refractivity contribution in [2.75, 3.05) is 6.61 Å². The summed E-state index contributed by atoms with van der Waals surface area (Å²) in [6.07, 6.45) is 1.01. The molecule has 0 heterocycles. The Labute approximate surface area is 85.1 Å². The molecule has 0 radical (unpaired) electrons. The van der Waals surface area contributed by atoms with Gasteiger partial charge in [0, 0.05) is 0 Å². The fourth-order valence-electron chi connectivity index (χ4n) is 1.15. The second-order valence-corrected chi connectivity index (χ2v) is 3.27. The van der Waals surface area contributed by atoms with Crippen molar-refractivity contribution in [2.24, 2.45) is 0 Å². The molecule has 0 N–H and O–H groups in total. The number of hydrogen-bond acceptors (Lipinski definition) is 2. The fourth-order valence-corrected chi connectivity index (χ4v) is 1.15.